The fourth-order valence-electron chi connectivity index (χ4n) is 1.93. The summed E-state index contributed by atoms with van der Waals surface area (Å²) in [6.45, 7) is 11.3. The van der Waals surface area contributed by atoms with Crippen molar-refractivity contribution in [2.24, 2.45) is 5.92 Å². The van der Waals surface area contributed by atoms with Gasteiger partial charge in [0.15, 0.2) is 0 Å². The van der Waals surface area contributed by atoms with Gasteiger partial charge in [0.2, 0.25) is 0 Å². The van der Waals surface area contributed by atoms with E-state index in [1.807, 2.05) is 12.1 Å². The molecule has 0 aliphatic heterocycles. The fraction of sp³-hybridized carbons (Fsp3) is 0.600. The van der Waals surface area contributed by atoms with Gasteiger partial charge in [0.1, 0.15) is 5.82 Å². The van der Waals surface area contributed by atoms with Crippen molar-refractivity contribution in [1.82, 2.24) is 5.32 Å². The molecule has 1 atom stereocenters. The van der Waals surface area contributed by atoms with E-state index in [1.165, 1.54) is 0 Å². The molecule has 0 fully saturated rings. The Kier molecular flexibility index (Phi) is 5.18. The molecule has 1 N–H and O–H groups in total. The van der Waals surface area contributed by atoms with Crippen LogP contribution in [0.2, 0.25) is 5.02 Å². The molecule has 0 aliphatic carbocycles. The molecule has 1 unspecified atom stereocenters. The summed E-state index contributed by atoms with van der Waals surface area (Å²) >= 11 is 5.86. The molecule has 1 aromatic rings. The second-order valence-electron chi connectivity index (χ2n) is 6.12. The third-order valence-corrected chi connectivity index (χ3v) is 3.33. The van der Waals surface area contributed by atoms with E-state index < -0.39 is 0 Å². The summed E-state index contributed by atoms with van der Waals surface area (Å²) in [5, 5.41) is 3.64. The van der Waals surface area contributed by atoms with Crippen molar-refractivity contribution in [1.29, 1.82) is 0 Å². The summed E-state index contributed by atoms with van der Waals surface area (Å²) in [5.74, 6) is 0.198. The number of hydrogen-bond donors (Lipinski definition) is 1. The van der Waals surface area contributed by atoms with Gasteiger partial charge < -0.3 is 5.32 Å². The first kappa shape index (κ1) is 15.5. The van der Waals surface area contributed by atoms with Crippen LogP contribution in [0, 0.1) is 11.7 Å². The van der Waals surface area contributed by atoms with E-state index in [-0.39, 0.29) is 22.3 Å². The van der Waals surface area contributed by atoms with Gasteiger partial charge >= 0.3 is 0 Å². The molecule has 1 nitrogen and oxygen atoms in total. The Balaban J connectivity index is 2.95. The molecular weight excluding hydrogens is 249 g/mol. The fourth-order valence-corrected chi connectivity index (χ4v) is 2.11. The van der Waals surface area contributed by atoms with Gasteiger partial charge in [-0.05, 0) is 38.3 Å². The average Bonchev–Trinajstić information content (AvgIpc) is 2.22. The van der Waals surface area contributed by atoms with E-state index in [1.54, 1.807) is 6.07 Å². The second kappa shape index (κ2) is 6.03. The molecule has 18 heavy (non-hydrogen) atoms. The Hall–Kier alpha value is -0.600. The van der Waals surface area contributed by atoms with Crippen LogP contribution in [0.25, 0.3) is 0 Å². The predicted molar refractivity (Wildman–Crippen MR) is 76.7 cm³/mol. The molecule has 0 aliphatic rings. The molecule has 0 bridgehead atoms. The van der Waals surface area contributed by atoms with Crippen LogP contribution in [0.15, 0.2) is 18.2 Å². The second-order valence-corrected chi connectivity index (χ2v) is 6.53. The lowest BCUT2D eigenvalue weighted by atomic mass is 9.87. The van der Waals surface area contributed by atoms with Crippen LogP contribution in [-0.4, -0.2) is 12.1 Å². The topological polar surface area (TPSA) is 12.0 Å². The zero-order valence-corrected chi connectivity index (χ0v) is 12.6. The van der Waals surface area contributed by atoms with E-state index in [2.05, 4.69) is 39.9 Å². The third-order valence-electron chi connectivity index (χ3n) is 3.04. The van der Waals surface area contributed by atoms with Gasteiger partial charge in [0, 0.05) is 18.0 Å². The highest BCUT2D eigenvalue weighted by atomic mass is 35.5. The van der Waals surface area contributed by atoms with Crippen LogP contribution in [0.1, 0.15) is 46.1 Å². The Morgan fingerprint density at radius 1 is 1.28 bits per heavy atom. The van der Waals surface area contributed by atoms with Crippen molar-refractivity contribution < 1.29 is 4.39 Å². The first-order valence-corrected chi connectivity index (χ1v) is 6.79. The van der Waals surface area contributed by atoms with Crippen LogP contribution >= 0.6 is 11.6 Å². The Bertz CT molecular complexity index is 396. The number of halogens is 2. The summed E-state index contributed by atoms with van der Waals surface area (Å²) in [7, 11) is 0. The number of rotatable bonds is 4. The van der Waals surface area contributed by atoms with Gasteiger partial charge in [0.25, 0.3) is 0 Å². The highest BCUT2D eigenvalue weighted by Gasteiger charge is 2.22. The molecule has 3 heteroatoms. The number of hydrogen-bond acceptors (Lipinski definition) is 1. The molecule has 102 valence electrons. The molecule has 1 rings (SSSR count). The van der Waals surface area contributed by atoms with Crippen LogP contribution < -0.4 is 5.32 Å². The van der Waals surface area contributed by atoms with Crippen LogP contribution in [0.3, 0.4) is 0 Å². The minimum atomic E-state index is -0.284. The first-order chi connectivity index (χ1) is 8.22. The number of benzene rings is 1. The maximum atomic E-state index is 14.1. The number of nitrogens with one attached hydrogen (secondary N) is 1. The van der Waals surface area contributed by atoms with Gasteiger partial charge in [-0.3, -0.25) is 0 Å². The molecule has 0 saturated heterocycles. The maximum Gasteiger partial charge on any atom is 0.145 e. The van der Waals surface area contributed by atoms with Gasteiger partial charge in [-0.2, -0.15) is 0 Å². The summed E-state index contributed by atoms with van der Waals surface area (Å²) in [5.41, 5.74) is 0.733. The summed E-state index contributed by atoms with van der Waals surface area (Å²) < 4.78 is 14.1. The molecule has 1 aromatic carbocycles. The normalized spacial score (nSPS) is 14.0. The Labute approximate surface area is 115 Å². The molecule has 0 radical (unpaired) electrons. The van der Waals surface area contributed by atoms with Crippen molar-refractivity contribution in [2.75, 3.05) is 6.54 Å². The van der Waals surface area contributed by atoms with E-state index in [0.29, 0.717) is 11.5 Å². The van der Waals surface area contributed by atoms with E-state index in [4.69, 9.17) is 11.6 Å². The van der Waals surface area contributed by atoms with Gasteiger partial charge in [-0.1, -0.05) is 37.6 Å². The lowest BCUT2D eigenvalue weighted by molar-refractivity contribution is 0.366. The first-order valence-electron chi connectivity index (χ1n) is 6.41. The Morgan fingerprint density at radius 3 is 2.39 bits per heavy atom. The maximum absolute atomic E-state index is 14.1. The highest BCUT2D eigenvalue weighted by molar-refractivity contribution is 6.30. The van der Waals surface area contributed by atoms with Crippen molar-refractivity contribution in [3.05, 3.63) is 34.6 Å². The van der Waals surface area contributed by atoms with Crippen molar-refractivity contribution >= 4 is 11.6 Å². The zero-order chi connectivity index (χ0) is 13.9. The van der Waals surface area contributed by atoms with Crippen molar-refractivity contribution in [3.63, 3.8) is 0 Å². The zero-order valence-electron chi connectivity index (χ0n) is 11.8. The van der Waals surface area contributed by atoms with Crippen molar-refractivity contribution in [3.8, 4) is 0 Å². The summed E-state index contributed by atoms with van der Waals surface area (Å²) in [6.07, 6.45) is 0. The molecule has 0 heterocycles. The summed E-state index contributed by atoms with van der Waals surface area (Å²) in [6, 6.07) is 5.23. The highest BCUT2D eigenvalue weighted by Crippen LogP contribution is 2.29. The third kappa shape index (κ3) is 4.25. The van der Waals surface area contributed by atoms with Gasteiger partial charge in [0.05, 0.1) is 5.02 Å². The quantitative estimate of drug-likeness (QED) is 0.843. The smallest absolute Gasteiger partial charge is 0.145 e. The molecule has 0 saturated carbocycles. The average molecular weight is 272 g/mol. The van der Waals surface area contributed by atoms with Crippen LogP contribution in [0.5, 0.6) is 0 Å². The standard InChI is InChI=1S/C15H23ClFN/c1-10(2)12(9-18-15(3,4)5)11-7-6-8-13(16)14(11)17/h6-8,10,12,18H,9H2,1-5H3. The van der Waals surface area contributed by atoms with Crippen LogP contribution in [0.4, 0.5) is 4.39 Å². The van der Waals surface area contributed by atoms with Crippen molar-refractivity contribution in [2.45, 2.75) is 46.1 Å². The van der Waals surface area contributed by atoms with Gasteiger partial charge in [-0.25, -0.2) is 4.39 Å². The monoisotopic (exact) mass is 271 g/mol. The van der Waals surface area contributed by atoms with Gasteiger partial charge in [-0.15, -0.1) is 0 Å². The molecule has 0 amide bonds. The van der Waals surface area contributed by atoms with E-state index in [0.717, 1.165) is 6.54 Å². The minimum Gasteiger partial charge on any atom is -0.311 e. The largest absolute Gasteiger partial charge is 0.311 e. The molecule has 0 aromatic heterocycles. The minimum absolute atomic E-state index is 0.0300. The molecule has 0 spiro atoms. The SMILES string of the molecule is CC(C)C(CNC(C)(C)C)c1cccc(Cl)c1F. The predicted octanol–water partition coefficient (Wildman–Crippen LogP) is 4.61. The Morgan fingerprint density at radius 2 is 1.89 bits per heavy atom. The van der Waals surface area contributed by atoms with E-state index >= 15 is 0 Å². The lowest BCUT2D eigenvalue weighted by Gasteiger charge is -2.28. The summed E-state index contributed by atoms with van der Waals surface area (Å²) in [4.78, 5) is 0. The molecular formula is C15H23ClFN. The lowest BCUT2D eigenvalue weighted by Crippen LogP contribution is -2.39. The van der Waals surface area contributed by atoms with Crippen LogP contribution in [-0.2, 0) is 0 Å². The van der Waals surface area contributed by atoms with E-state index in [9.17, 15) is 4.39 Å².